The molecule has 5 heteroatoms. The molecule has 0 saturated heterocycles. The zero-order chi connectivity index (χ0) is 16.8. The fraction of sp³-hybridized carbons (Fsp3) is 0.278. The minimum Gasteiger partial charge on any atom is -0.493 e. The number of carbonyl (C=O) groups is 1. The van der Waals surface area contributed by atoms with E-state index in [1.165, 1.54) is 0 Å². The van der Waals surface area contributed by atoms with Gasteiger partial charge < -0.3 is 20.1 Å². The SMILES string of the molecule is COc1ccc(C(C)NC(=O)Nc2ccccc2C)cc1OC. The fourth-order valence-electron chi connectivity index (χ4n) is 2.27. The minimum atomic E-state index is -0.249. The molecule has 0 aliphatic rings. The normalized spacial score (nSPS) is 11.5. The Morgan fingerprint density at radius 1 is 1.04 bits per heavy atom. The lowest BCUT2D eigenvalue weighted by Crippen LogP contribution is -2.31. The quantitative estimate of drug-likeness (QED) is 0.880. The van der Waals surface area contributed by atoms with Gasteiger partial charge >= 0.3 is 6.03 Å². The van der Waals surface area contributed by atoms with E-state index in [0.717, 1.165) is 16.8 Å². The molecule has 0 heterocycles. The first-order valence-corrected chi connectivity index (χ1v) is 7.40. The van der Waals surface area contributed by atoms with Gasteiger partial charge in [0.05, 0.1) is 20.3 Å². The highest BCUT2D eigenvalue weighted by molar-refractivity contribution is 5.90. The molecule has 2 rings (SSSR count). The van der Waals surface area contributed by atoms with E-state index in [2.05, 4.69) is 10.6 Å². The van der Waals surface area contributed by atoms with Gasteiger partial charge in [-0.15, -0.1) is 0 Å². The van der Waals surface area contributed by atoms with Gasteiger partial charge in [-0.05, 0) is 43.2 Å². The molecule has 122 valence electrons. The van der Waals surface area contributed by atoms with Crippen molar-refractivity contribution in [2.45, 2.75) is 19.9 Å². The Morgan fingerprint density at radius 2 is 1.74 bits per heavy atom. The summed E-state index contributed by atoms with van der Waals surface area (Å²) in [6.45, 7) is 3.87. The van der Waals surface area contributed by atoms with Crippen molar-refractivity contribution in [2.24, 2.45) is 0 Å². The van der Waals surface area contributed by atoms with Crippen molar-refractivity contribution in [1.29, 1.82) is 0 Å². The van der Waals surface area contributed by atoms with Crippen LogP contribution in [-0.2, 0) is 0 Å². The Balaban J connectivity index is 2.05. The number of aryl methyl sites for hydroxylation is 1. The summed E-state index contributed by atoms with van der Waals surface area (Å²) in [7, 11) is 3.18. The molecule has 1 unspecified atom stereocenters. The molecule has 2 aromatic rings. The molecule has 5 nitrogen and oxygen atoms in total. The number of methoxy groups -OCH3 is 2. The van der Waals surface area contributed by atoms with Crippen LogP contribution < -0.4 is 20.1 Å². The Hall–Kier alpha value is -2.69. The molecular weight excluding hydrogens is 292 g/mol. The van der Waals surface area contributed by atoms with E-state index in [0.29, 0.717) is 11.5 Å². The zero-order valence-electron chi connectivity index (χ0n) is 13.8. The van der Waals surface area contributed by atoms with Crippen LogP contribution >= 0.6 is 0 Å². The molecular formula is C18H22N2O3. The molecule has 0 spiro atoms. The highest BCUT2D eigenvalue weighted by Gasteiger charge is 2.13. The second-order valence-corrected chi connectivity index (χ2v) is 5.25. The number of rotatable bonds is 5. The number of para-hydroxylation sites is 1. The number of nitrogens with one attached hydrogen (secondary N) is 2. The van der Waals surface area contributed by atoms with Gasteiger partial charge in [-0.3, -0.25) is 0 Å². The first kappa shape index (κ1) is 16.7. The lowest BCUT2D eigenvalue weighted by Gasteiger charge is -2.17. The summed E-state index contributed by atoms with van der Waals surface area (Å²) < 4.78 is 10.5. The van der Waals surface area contributed by atoms with E-state index < -0.39 is 0 Å². The molecule has 2 amide bonds. The summed E-state index contributed by atoms with van der Waals surface area (Å²) in [4.78, 5) is 12.1. The second-order valence-electron chi connectivity index (χ2n) is 5.25. The van der Waals surface area contributed by atoms with Crippen molar-refractivity contribution in [1.82, 2.24) is 5.32 Å². The molecule has 0 fully saturated rings. The van der Waals surface area contributed by atoms with E-state index in [-0.39, 0.29) is 12.1 Å². The number of hydrogen-bond donors (Lipinski definition) is 2. The Bertz CT molecular complexity index is 686. The fourth-order valence-corrected chi connectivity index (χ4v) is 2.27. The van der Waals surface area contributed by atoms with E-state index in [1.54, 1.807) is 14.2 Å². The summed E-state index contributed by atoms with van der Waals surface area (Å²) in [6, 6.07) is 12.8. The van der Waals surface area contributed by atoms with Crippen molar-refractivity contribution < 1.29 is 14.3 Å². The van der Waals surface area contributed by atoms with E-state index in [1.807, 2.05) is 56.3 Å². The van der Waals surface area contributed by atoms with Gasteiger partial charge in [-0.2, -0.15) is 0 Å². The largest absolute Gasteiger partial charge is 0.493 e. The van der Waals surface area contributed by atoms with Gasteiger partial charge in [0, 0.05) is 5.69 Å². The summed E-state index contributed by atoms with van der Waals surface area (Å²) in [5.41, 5.74) is 2.74. The zero-order valence-corrected chi connectivity index (χ0v) is 13.8. The monoisotopic (exact) mass is 314 g/mol. The van der Waals surface area contributed by atoms with Gasteiger partial charge in [-0.1, -0.05) is 24.3 Å². The van der Waals surface area contributed by atoms with Crippen LogP contribution in [0.2, 0.25) is 0 Å². The number of hydrogen-bond acceptors (Lipinski definition) is 3. The number of benzene rings is 2. The third-order valence-electron chi connectivity index (χ3n) is 3.65. The number of amides is 2. The minimum absolute atomic E-state index is 0.168. The Labute approximate surface area is 136 Å². The Morgan fingerprint density at radius 3 is 2.39 bits per heavy atom. The maximum absolute atomic E-state index is 12.1. The molecule has 2 N–H and O–H groups in total. The standard InChI is InChI=1S/C18H22N2O3/c1-12-7-5-6-8-15(12)20-18(21)19-13(2)14-9-10-16(22-3)17(11-14)23-4/h5-11,13H,1-4H3,(H2,19,20,21). The van der Waals surface area contributed by atoms with Crippen LogP contribution in [0.1, 0.15) is 24.1 Å². The predicted molar refractivity (Wildman–Crippen MR) is 91.3 cm³/mol. The van der Waals surface area contributed by atoms with Gasteiger partial charge in [-0.25, -0.2) is 4.79 Å². The molecule has 0 saturated carbocycles. The van der Waals surface area contributed by atoms with Gasteiger partial charge in [0.15, 0.2) is 11.5 Å². The van der Waals surface area contributed by atoms with Crippen molar-refractivity contribution in [2.75, 3.05) is 19.5 Å². The van der Waals surface area contributed by atoms with Crippen LogP contribution in [0.15, 0.2) is 42.5 Å². The van der Waals surface area contributed by atoms with E-state index >= 15 is 0 Å². The van der Waals surface area contributed by atoms with Crippen LogP contribution in [0.25, 0.3) is 0 Å². The first-order chi connectivity index (χ1) is 11.0. The van der Waals surface area contributed by atoms with Crippen LogP contribution in [0.3, 0.4) is 0 Å². The summed E-state index contributed by atoms with van der Waals surface area (Å²) in [5.74, 6) is 1.30. The third-order valence-corrected chi connectivity index (χ3v) is 3.65. The Kier molecular flexibility index (Phi) is 5.46. The highest BCUT2D eigenvalue weighted by Crippen LogP contribution is 2.29. The maximum Gasteiger partial charge on any atom is 0.319 e. The van der Waals surface area contributed by atoms with E-state index in [9.17, 15) is 4.79 Å². The molecule has 0 aromatic heterocycles. The van der Waals surface area contributed by atoms with Crippen LogP contribution in [0, 0.1) is 6.92 Å². The summed E-state index contributed by atoms with van der Waals surface area (Å²) in [6.07, 6.45) is 0. The molecule has 0 bridgehead atoms. The third kappa shape index (κ3) is 4.16. The number of urea groups is 1. The van der Waals surface area contributed by atoms with Crippen molar-refractivity contribution in [3.8, 4) is 11.5 Å². The molecule has 0 radical (unpaired) electrons. The van der Waals surface area contributed by atoms with Crippen molar-refractivity contribution >= 4 is 11.7 Å². The van der Waals surface area contributed by atoms with Crippen molar-refractivity contribution in [3.63, 3.8) is 0 Å². The van der Waals surface area contributed by atoms with Crippen LogP contribution in [-0.4, -0.2) is 20.3 Å². The highest BCUT2D eigenvalue weighted by atomic mass is 16.5. The molecule has 0 aliphatic carbocycles. The average molecular weight is 314 g/mol. The number of carbonyl (C=O) groups excluding carboxylic acids is 1. The molecule has 2 aromatic carbocycles. The second kappa shape index (κ2) is 7.54. The van der Waals surface area contributed by atoms with Crippen LogP contribution in [0.4, 0.5) is 10.5 Å². The van der Waals surface area contributed by atoms with Crippen molar-refractivity contribution in [3.05, 3.63) is 53.6 Å². The summed E-state index contributed by atoms with van der Waals surface area (Å²) >= 11 is 0. The topological polar surface area (TPSA) is 59.6 Å². The van der Waals surface area contributed by atoms with Gasteiger partial charge in [0.25, 0.3) is 0 Å². The molecule has 0 aliphatic heterocycles. The van der Waals surface area contributed by atoms with Gasteiger partial charge in [0.1, 0.15) is 0 Å². The molecule has 1 atom stereocenters. The van der Waals surface area contributed by atoms with Crippen LogP contribution in [0.5, 0.6) is 11.5 Å². The first-order valence-electron chi connectivity index (χ1n) is 7.40. The lowest BCUT2D eigenvalue weighted by atomic mass is 10.1. The number of ether oxygens (including phenoxy) is 2. The maximum atomic E-state index is 12.1. The van der Waals surface area contributed by atoms with E-state index in [4.69, 9.17) is 9.47 Å². The lowest BCUT2D eigenvalue weighted by molar-refractivity contribution is 0.249. The molecule has 23 heavy (non-hydrogen) atoms. The summed E-state index contributed by atoms with van der Waals surface area (Å²) in [5, 5.41) is 5.77. The smallest absolute Gasteiger partial charge is 0.319 e. The average Bonchev–Trinajstić information content (AvgIpc) is 2.56. The predicted octanol–water partition coefficient (Wildman–Crippen LogP) is 3.89. The van der Waals surface area contributed by atoms with Gasteiger partial charge in [0.2, 0.25) is 0 Å². The number of anilines is 1.